The SMILES string of the molecule is CCN(Cc1cc(=O)n2ccccc2n1)Cc1ccc(Br)s1. The summed E-state index contributed by atoms with van der Waals surface area (Å²) in [6, 6.07) is 11.4. The zero-order valence-electron chi connectivity index (χ0n) is 12.2. The van der Waals surface area contributed by atoms with Crippen molar-refractivity contribution in [3.63, 3.8) is 0 Å². The summed E-state index contributed by atoms with van der Waals surface area (Å²) in [7, 11) is 0. The summed E-state index contributed by atoms with van der Waals surface area (Å²) in [5, 5.41) is 0. The predicted octanol–water partition coefficient (Wildman–Crippen LogP) is 3.54. The van der Waals surface area contributed by atoms with E-state index in [0.717, 1.165) is 22.6 Å². The molecule has 0 aliphatic rings. The average Bonchev–Trinajstić information content (AvgIpc) is 2.92. The lowest BCUT2D eigenvalue weighted by Crippen LogP contribution is -2.24. The van der Waals surface area contributed by atoms with E-state index in [1.807, 2.05) is 18.2 Å². The Hall–Kier alpha value is -1.50. The molecule has 114 valence electrons. The molecular formula is C16H16BrN3OS. The van der Waals surface area contributed by atoms with Crippen LogP contribution in [0, 0.1) is 0 Å². The van der Waals surface area contributed by atoms with Gasteiger partial charge < -0.3 is 0 Å². The van der Waals surface area contributed by atoms with E-state index in [4.69, 9.17) is 0 Å². The molecule has 0 saturated carbocycles. The van der Waals surface area contributed by atoms with Gasteiger partial charge in [0.25, 0.3) is 5.56 Å². The van der Waals surface area contributed by atoms with Gasteiger partial charge in [0.2, 0.25) is 0 Å². The van der Waals surface area contributed by atoms with E-state index in [0.29, 0.717) is 12.2 Å². The van der Waals surface area contributed by atoms with E-state index in [9.17, 15) is 4.79 Å². The van der Waals surface area contributed by atoms with Gasteiger partial charge in [-0.15, -0.1) is 11.3 Å². The fourth-order valence-corrected chi connectivity index (χ4v) is 3.88. The van der Waals surface area contributed by atoms with E-state index in [1.165, 1.54) is 4.88 Å². The molecule has 3 heterocycles. The first-order valence-corrected chi connectivity index (χ1v) is 8.70. The lowest BCUT2D eigenvalue weighted by atomic mass is 10.3. The molecule has 0 aromatic carbocycles. The zero-order chi connectivity index (χ0) is 15.5. The van der Waals surface area contributed by atoms with Crippen molar-refractivity contribution in [2.75, 3.05) is 6.54 Å². The molecule has 0 aliphatic heterocycles. The highest BCUT2D eigenvalue weighted by Gasteiger charge is 2.09. The number of pyridine rings is 1. The fourth-order valence-electron chi connectivity index (χ4n) is 2.35. The van der Waals surface area contributed by atoms with Crippen LogP contribution >= 0.6 is 27.3 Å². The second kappa shape index (κ2) is 6.73. The number of fused-ring (bicyclic) bond motifs is 1. The van der Waals surface area contributed by atoms with E-state index in [-0.39, 0.29) is 5.56 Å². The minimum absolute atomic E-state index is 0.0319. The molecule has 3 aromatic rings. The number of aromatic nitrogens is 2. The number of hydrogen-bond acceptors (Lipinski definition) is 4. The number of thiophene rings is 1. The highest BCUT2D eigenvalue weighted by Crippen LogP contribution is 2.23. The van der Waals surface area contributed by atoms with Gasteiger partial charge in [-0.05, 0) is 46.7 Å². The Balaban J connectivity index is 1.82. The Kier molecular flexibility index (Phi) is 4.71. The summed E-state index contributed by atoms with van der Waals surface area (Å²) in [6.45, 7) is 4.57. The van der Waals surface area contributed by atoms with Crippen molar-refractivity contribution in [1.82, 2.24) is 14.3 Å². The van der Waals surface area contributed by atoms with Crippen LogP contribution in [0.4, 0.5) is 0 Å². The molecule has 6 heteroatoms. The van der Waals surface area contributed by atoms with Gasteiger partial charge in [-0.1, -0.05) is 13.0 Å². The van der Waals surface area contributed by atoms with Crippen molar-refractivity contribution >= 4 is 32.9 Å². The van der Waals surface area contributed by atoms with Crippen molar-refractivity contribution in [3.8, 4) is 0 Å². The maximum Gasteiger partial charge on any atom is 0.258 e. The number of nitrogens with zero attached hydrogens (tertiary/aromatic N) is 3. The smallest absolute Gasteiger partial charge is 0.258 e. The lowest BCUT2D eigenvalue weighted by Gasteiger charge is -2.19. The highest BCUT2D eigenvalue weighted by atomic mass is 79.9. The van der Waals surface area contributed by atoms with Gasteiger partial charge in [0.05, 0.1) is 9.48 Å². The lowest BCUT2D eigenvalue weighted by molar-refractivity contribution is 0.270. The van der Waals surface area contributed by atoms with Crippen LogP contribution in [0.5, 0.6) is 0 Å². The Bertz CT molecular complexity index is 843. The van der Waals surface area contributed by atoms with Crippen LogP contribution in [0.15, 0.2) is 51.2 Å². The topological polar surface area (TPSA) is 37.6 Å². The Labute approximate surface area is 141 Å². The van der Waals surface area contributed by atoms with Crippen molar-refractivity contribution in [3.05, 3.63) is 67.3 Å². The zero-order valence-corrected chi connectivity index (χ0v) is 14.6. The van der Waals surface area contributed by atoms with Gasteiger partial charge in [-0.25, -0.2) is 4.98 Å². The molecule has 0 bridgehead atoms. The van der Waals surface area contributed by atoms with Crippen LogP contribution in [-0.2, 0) is 13.1 Å². The Morgan fingerprint density at radius 1 is 1.27 bits per heavy atom. The molecule has 0 spiro atoms. The van der Waals surface area contributed by atoms with E-state index in [1.54, 1.807) is 28.0 Å². The van der Waals surface area contributed by atoms with Crippen molar-refractivity contribution in [2.24, 2.45) is 0 Å². The van der Waals surface area contributed by atoms with Crippen LogP contribution in [-0.4, -0.2) is 20.8 Å². The molecule has 22 heavy (non-hydrogen) atoms. The second-order valence-corrected chi connectivity index (χ2v) is 7.57. The first kappa shape index (κ1) is 15.4. The highest BCUT2D eigenvalue weighted by molar-refractivity contribution is 9.11. The Morgan fingerprint density at radius 2 is 2.14 bits per heavy atom. The van der Waals surface area contributed by atoms with Crippen LogP contribution in [0.3, 0.4) is 0 Å². The van der Waals surface area contributed by atoms with E-state index < -0.39 is 0 Å². The largest absolute Gasteiger partial charge is 0.293 e. The molecule has 0 unspecified atom stereocenters. The van der Waals surface area contributed by atoms with E-state index >= 15 is 0 Å². The van der Waals surface area contributed by atoms with Gasteiger partial charge in [0.15, 0.2) is 0 Å². The van der Waals surface area contributed by atoms with Crippen molar-refractivity contribution < 1.29 is 0 Å². The summed E-state index contributed by atoms with van der Waals surface area (Å²) in [4.78, 5) is 20.3. The molecule has 0 atom stereocenters. The summed E-state index contributed by atoms with van der Waals surface area (Å²) in [5.74, 6) is 0. The summed E-state index contributed by atoms with van der Waals surface area (Å²) < 4.78 is 2.71. The maximum absolute atomic E-state index is 12.1. The van der Waals surface area contributed by atoms with Crippen LogP contribution < -0.4 is 5.56 Å². The van der Waals surface area contributed by atoms with Gasteiger partial charge >= 0.3 is 0 Å². The van der Waals surface area contributed by atoms with Crippen molar-refractivity contribution in [2.45, 2.75) is 20.0 Å². The molecule has 0 aliphatic carbocycles. The summed E-state index contributed by atoms with van der Waals surface area (Å²) in [5.41, 5.74) is 1.48. The molecular weight excluding hydrogens is 362 g/mol. The van der Waals surface area contributed by atoms with Gasteiger partial charge in [0, 0.05) is 30.2 Å². The first-order valence-electron chi connectivity index (χ1n) is 7.09. The minimum atomic E-state index is -0.0319. The number of rotatable bonds is 5. The van der Waals surface area contributed by atoms with Gasteiger partial charge in [-0.3, -0.25) is 14.1 Å². The van der Waals surface area contributed by atoms with Gasteiger partial charge in [-0.2, -0.15) is 0 Å². The third-order valence-electron chi connectivity index (χ3n) is 3.47. The number of hydrogen-bond donors (Lipinski definition) is 0. The fraction of sp³-hybridized carbons (Fsp3) is 0.250. The van der Waals surface area contributed by atoms with Crippen LogP contribution in [0.1, 0.15) is 17.5 Å². The van der Waals surface area contributed by atoms with Gasteiger partial charge in [0.1, 0.15) is 5.65 Å². The molecule has 0 amide bonds. The van der Waals surface area contributed by atoms with Crippen molar-refractivity contribution in [1.29, 1.82) is 0 Å². The van der Waals surface area contributed by atoms with Crippen LogP contribution in [0.2, 0.25) is 0 Å². The monoisotopic (exact) mass is 377 g/mol. The second-order valence-electron chi connectivity index (χ2n) is 5.02. The molecule has 0 radical (unpaired) electrons. The standard InChI is InChI=1S/C16H16BrN3OS/c1-2-19(11-13-6-7-14(17)22-13)10-12-9-16(21)20-8-4-3-5-15(20)18-12/h3-9H,2,10-11H2,1H3. The molecule has 0 fully saturated rings. The first-order chi connectivity index (χ1) is 10.7. The third kappa shape index (κ3) is 3.45. The maximum atomic E-state index is 12.1. The van der Waals surface area contributed by atoms with Crippen LogP contribution in [0.25, 0.3) is 5.65 Å². The molecule has 4 nitrogen and oxygen atoms in total. The summed E-state index contributed by atoms with van der Waals surface area (Å²) in [6.07, 6.45) is 1.75. The average molecular weight is 378 g/mol. The molecule has 3 rings (SSSR count). The molecule has 0 N–H and O–H groups in total. The number of halogens is 1. The quantitative estimate of drug-likeness (QED) is 0.682. The summed E-state index contributed by atoms with van der Waals surface area (Å²) >= 11 is 5.23. The predicted molar refractivity (Wildman–Crippen MR) is 93.3 cm³/mol. The Morgan fingerprint density at radius 3 is 2.86 bits per heavy atom. The van der Waals surface area contributed by atoms with E-state index in [2.05, 4.69) is 44.9 Å². The normalized spacial score (nSPS) is 11.4. The molecule has 0 saturated heterocycles. The minimum Gasteiger partial charge on any atom is -0.293 e. The molecule has 3 aromatic heterocycles. The third-order valence-corrected chi connectivity index (χ3v) is 5.07.